The largest absolute Gasteiger partial charge is 0.450 e. The number of amides is 1. The molecule has 4 nitrogen and oxygen atoms in total. The van der Waals surface area contributed by atoms with Gasteiger partial charge in [-0.1, -0.05) is 36.4 Å². The number of benzene rings is 2. The van der Waals surface area contributed by atoms with Crippen LogP contribution in [0.4, 0.5) is 0 Å². The Balaban J connectivity index is 1.46. The number of piperidine rings is 3. The molecule has 24 heavy (non-hydrogen) atoms. The molecule has 4 heterocycles. The molecule has 3 aliphatic rings. The standard InChI is InChI=1S/C20H20N2O2/c23-20(21-17-12-22-9-7-14(17)8-10-22)18-11-15-6-5-13-3-1-2-4-16(13)19(15)24-18/h1-6,11,14,17H,7-10,12H2,(H,21,23)/t17-/m1/s1. The minimum absolute atomic E-state index is 0.0889. The molecule has 2 aromatic carbocycles. The lowest BCUT2D eigenvalue weighted by atomic mass is 9.84. The average Bonchev–Trinajstić information content (AvgIpc) is 3.08. The maximum atomic E-state index is 12.7. The zero-order valence-electron chi connectivity index (χ0n) is 13.5. The van der Waals surface area contributed by atoms with Crippen molar-refractivity contribution in [2.45, 2.75) is 18.9 Å². The number of fused-ring (bicyclic) bond motifs is 6. The predicted molar refractivity (Wildman–Crippen MR) is 94.1 cm³/mol. The van der Waals surface area contributed by atoms with E-state index in [1.54, 1.807) is 0 Å². The van der Waals surface area contributed by atoms with Gasteiger partial charge in [0, 0.05) is 23.4 Å². The third-order valence-electron chi connectivity index (χ3n) is 5.61. The minimum atomic E-state index is -0.0889. The molecular weight excluding hydrogens is 300 g/mol. The second kappa shape index (κ2) is 5.35. The Labute approximate surface area is 140 Å². The van der Waals surface area contributed by atoms with Crippen LogP contribution in [-0.4, -0.2) is 36.5 Å². The summed E-state index contributed by atoms with van der Waals surface area (Å²) in [5.74, 6) is 0.941. The highest BCUT2D eigenvalue weighted by Gasteiger charge is 2.35. The van der Waals surface area contributed by atoms with Crippen molar-refractivity contribution in [2.75, 3.05) is 19.6 Å². The number of hydrogen-bond acceptors (Lipinski definition) is 3. The van der Waals surface area contributed by atoms with Gasteiger partial charge in [-0.2, -0.15) is 0 Å². The van der Waals surface area contributed by atoms with Gasteiger partial charge >= 0.3 is 0 Å². The summed E-state index contributed by atoms with van der Waals surface area (Å²) in [6, 6.07) is 14.3. The van der Waals surface area contributed by atoms with E-state index >= 15 is 0 Å². The van der Waals surface area contributed by atoms with Crippen molar-refractivity contribution in [3.63, 3.8) is 0 Å². The van der Waals surface area contributed by atoms with Crippen molar-refractivity contribution < 1.29 is 9.21 Å². The van der Waals surface area contributed by atoms with Crippen LogP contribution in [0.15, 0.2) is 46.9 Å². The summed E-state index contributed by atoms with van der Waals surface area (Å²) in [5, 5.41) is 6.36. The lowest BCUT2D eigenvalue weighted by Gasteiger charge is -2.44. The first-order valence-corrected chi connectivity index (χ1v) is 8.72. The topological polar surface area (TPSA) is 45.5 Å². The van der Waals surface area contributed by atoms with E-state index in [4.69, 9.17) is 4.42 Å². The quantitative estimate of drug-likeness (QED) is 0.787. The maximum absolute atomic E-state index is 12.7. The first-order chi connectivity index (χ1) is 11.8. The van der Waals surface area contributed by atoms with Crippen LogP contribution in [-0.2, 0) is 0 Å². The fraction of sp³-hybridized carbons (Fsp3) is 0.350. The van der Waals surface area contributed by atoms with Crippen molar-refractivity contribution in [1.82, 2.24) is 10.2 Å². The second-order valence-corrected chi connectivity index (χ2v) is 7.03. The van der Waals surface area contributed by atoms with Crippen LogP contribution in [0.1, 0.15) is 23.4 Å². The van der Waals surface area contributed by atoms with Crippen LogP contribution in [0.25, 0.3) is 21.7 Å². The molecule has 0 spiro atoms. The average molecular weight is 320 g/mol. The van der Waals surface area contributed by atoms with Gasteiger partial charge in [0.05, 0.1) is 0 Å². The zero-order chi connectivity index (χ0) is 16.1. The number of nitrogens with zero attached hydrogens (tertiary/aromatic N) is 1. The highest BCUT2D eigenvalue weighted by atomic mass is 16.3. The zero-order valence-corrected chi connectivity index (χ0v) is 13.5. The Hall–Kier alpha value is -2.33. The highest BCUT2D eigenvalue weighted by molar-refractivity contribution is 6.07. The molecule has 0 unspecified atom stereocenters. The van der Waals surface area contributed by atoms with E-state index in [1.807, 2.05) is 30.3 Å². The first-order valence-electron chi connectivity index (χ1n) is 8.72. The fourth-order valence-electron chi connectivity index (χ4n) is 4.25. The molecule has 122 valence electrons. The summed E-state index contributed by atoms with van der Waals surface area (Å²) in [6.45, 7) is 3.32. The summed E-state index contributed by atoms with van der Waals surface area (Å²) < 4.78 is 5.94. The van der Waals surface area contributed by atoms with Crippen molar-refractivity contribution in [3.8, 4) is 0 Å². The monoisotopic (exact) mass is 320 g/mol. The van der Waals surface area contributed by atoms with Gasteiger partial charge in [-0.3, -0.25) is 4.79 Å². The van der Waals surface area contributed by atoms with Crippen molar-refractivity contribution in [1.29, 1.82) is 0 Å². The van der Waals surface area contributed by atoms with Crippen LogP contribution in [0.5, 0.6) is 0 Å². The molecule has 1 atom stereocenters. The van der Waals surface area contributed by atoms with Crippen molar-refractivity contribution in [3.05, 3.63) is 48.2 Å². The number of furan rings is 1. The Kier molecular flexibility index (Phi) is 3.13. The lowest BCUT2D eigenvalue weighted by molar-refractivity contribution is 0.0607. The molecule has 0 aliphatic carbocycles. The molecule has 3 aliphatic heterocycles. The van der Waals surface area contributed by atoms with Crippen LogP contribution >= 0.6 is 0 Å². The van der Waals surface area contributed by atoms with E-state index in [1.165, 1.54) is 25.9 Å². The lowest BCUT2D eigenvalue weighted by Crippen LogP contribution is -2.57. The minimum Gasteiger partial charge on any atom is -0.450 e. The van der Waals surface area contributed by atoms with Gasteiger partial charge in [-0.25, -0.2) is 0 Å². The van der Waals surface area contributed by atoms with Gasteiger partial charge < -0.3 is 14.6 Å². The summed E-state index contributed by atoms with van der Waals surface area (Å²) in [6.07, 6.45) is 2.38. The number of rotatable bonds is 2. The van der Waals surface area contributed by atoms with Crippen molar-refractivity contribution >= 4 is 27.6 Å². The normalized spacial score (nSPS) is 26.1. The van der Waals surface area contributed by atoms with E-state index in [9.17, 15) is 4.79 Å². The number of carbonyl (C=O) groups excluding carboxylic acids is 1. The SMILES string of the molecule is O=C(N[C@@H]1CN2CCC1CC2)c1cc2ccc3ccccc3c2o1. The third kappa shape index (κ3) is 2.21. The molecule has 2 bridgehead atoms. The molecule has 3 fully saturated rings. The number of nitrogens with one attached hydrogen (secondary N) is 1. The summed E-state index contributed by atoms with van der Waals surface area (Å²) in [5.41, 5.74) is 0.798. The first kappa shape index (κ1) is 14.1. The van der Waals surface area contributed by atoms with Crippen molar-refractivity contribution in [2.24, 2.45) is 5.92 Å². The van der Waals surface area contributed by atoms with Crippen LogP contribution in [0, 0.1) is 5.92 Å². The maximum Gasteiger partial charge on any atom is 0.287 e. The van der Waals surface area contributed by atoms with Gasteiger partial charge in [0.2, 0.25) is 0 Å². The molecule has 4 heteroatoms. The Morgan fingerprint density at radius 2 is 1.88 bits per heavy atom. The third-order valence-corrected chi connectivity index (χ3v) is 5.61. The molecule has 0 saturated carbocycles. The van der Waals surface area contributed by atoms with E-state index in [0.29, 0.717) is 11.7 Å². The van der Waals surface area contributed by atoms with E-state index in [-0.39, 0.29) is 11.9 Å². The Morgan fingerprint density at radius 3 is 2.67 bits per heavy atom. The van der Waals surface area contributed by atoms with Crippen LogP contribution in [0.2, 0.25) is 0 Å². The fourth-order valence-corrected chi connectivity index (χ4v) is 4.25. The highest BCUT2D eigenvalue weighted by Crippen LogP contribution is 2.30. The van der Waals surface area contributed by atoms with E-state index in [0.717, 1.165) is 28.3 Å². The van der Waals surface area contributed by atoms with Gasteiger partial charge in [-0.15, -0.1) is 0 Å². The Bertz CT molecular complexity index is 922. The number of hydrogen-bond donors (Lipinski definition) is 1. The molecule has 1 aromatic heterocycles. The van der Waals surface area contributed by atoms with Gasteiger partial charge in [-0.05, 0) is 43.3 Å². The Morgan fingerprint density at radius 1 is 1.08 bits per heavy atom. The van der Waals surface area contributed by atoms with Gasteiger partial charge in [0.25, 0.3) is 5.91 Å². The number of carbonyl (C=O) groups is 1. The van der Waals surface area contributed by atoms with E-state index in [2.05, 4.69) is 22.3 Å². The molecule has 1 N–H and O–H groups in total. The second-order valence-electron chi connectivity index (χ2n) is 7.03. The summed E-state index contributed by atoms with van der Waals surface area (Å²) in [4.78, 5) is 15.1. The van der Waals surface area contributed by atoms with E-state index < -0.39 is 0 Å². The summed E-state index contributed by atoms with van der Waals surface area (Å²) >= 11 is 0. The molecule has 0 radical (unpaired) electrons. The molecule has 1 amide bonds. The molecular formula is C20H20N2O2. The van der Waals surface area contributed by atoms with Gasteiger partial charge in [0.1, 0.15) is 5.58 Å². The van der Waals surface area contributed by atoms with Crippen LogP contribution < -0.4 is 5.32 Å². The summed E-state index contributed by atoms with van der Waals surface area (Å²) in [7, 11) is 0. The smallest absolute Gasteiger partial charge is 0.287 e. The predicted octanol–water partition coefficient (Wildman–Crippen LogP) is 3.41. The molecule has 6 rings (SSSR count). The van der Waals surface area contributed by atoms with Crippen LogP contribution in [0.3, 0.4) is 0 Å². The van der Waals surface area contributed by atoms with Gasteiger partial charge in [0.15, 0.2) is 5.76 Å². The molecule has 3 saturated heterocycles. The molecule has 3 aromatic rings.